The van der Waals surface area contributed by atoms with Crippen molar-refractivity contribution in [1.82, 2.24) is 15.1 Å². The SMILES string of the molecule is Cc1nn(Cc2ccccc2Cl)c(C)c1/C=C1\NC(=S)N(c2ccccc2F)C1=O. The number of aromatic nitrogens is 2. The number of nitrogens with one attached hydrogen (secondary N) is 1. The van der Waals surface area contributed by atoms with Crippen molar-refractivity contribution in [2.75, 3.05) is 4.90 Å². The van der Waals surface area contributed by atoms with Gasteiger partial charge in [0.25, 0.3) is 5.91 Å². The molecule has 0 radical (unpaired) electrons. The molecule has 1 N–H and O–H groups in total. The molecule has 1 saturated heterocycles. The van der Waals surface area contributed by atoms with E-state index < -0.39 is 11.7 Å². The molecule has 30 heavy (non-hydrogen) atoms. The number of carbonyl (C=O) groups excluding carboxylic acids is 1. The Morgan fingerprint density at radius 3 is 2.60 bits per heavy atom. The summed E-state index contributed by atoms with van der Waals surface area (Å²) in [5, 5.41) is 8.29. The van der Waals surface area contributed by atoms with Gasteiger partial charge in [-0.05, 0) is 55.9 Å². The lowest BCUT2D eigenvalue weighted by Gasteiger charge is -2.14. The van der Waals surface area contributed by atoms with Crippen LogP contribution in [0.2, 0.25) is 5.02 Å². The van der Waals surface area contributed by atoms with E-state index in [1.165, 1.54) is 12.1 Å². The summed E-state index contributed by atoms with van der Waals surface area (Å²) in [5.41, 5.74) is 3.78. The maximum atomic E-state index is 14.2. The van der Waals surface area contributed by atoms with Gasteiger partial charge in [0.15, 0.2) is 5.11 Å². The molecular formula is C22H18ClFN4OS. The summed E-state index contributed by atoms with van der Waals surface area (Å²) >= 11 is 11.5. The topological polar surface area (TPSA) is 50.2 Å². The average molecular weight is 441 g/mol. The van der Waals surface area contributed by atoms with Crippen molar-refractivity contribution >= 4 is 46.6 Å². The zero-order valence-electron chi connectivity index (χ0n) is 16.3. The molecule has 2 heterocycles. The lowest BCUT2D eigenvalue weighted by Crippen LogP contribution is -2.31. The largest absolute Gasteiger partial charge is 0.327 e. The van der Waals surface area contributed by atoms with Crippen LogP contribution in [0.4, 0.5) is 10.1 Å². The minimum absolute atomic E-state index is 0.117. The van der Waals surface area contributed by atoms with Gasteiger partial charge in [-0.2, -0.15) is 5.10 Å². The lowest BCUT2D eigenvalue weighted by atomic mass is 10.1. The van der Waals surface area contributed by atoms with Crippen LogP contribution in [-0.4, -0.2) is 20.8 Å². The molecule has 1 aliphatic heterocycles. The molecule has 0 atom stereocenters. The lowest BCUT2D eigenvalue weighted by molar-refractivity contribution is -0.113. The molecule has 0 spiro atoms. The van der Waals surface area contributed by atoms with Crippen LogP contribution in [0.15, 0.2) is 54.2 Å². The number of rotatable bonds is 4. The summed E-state index contributed by atoms with van der Waals surface area (Å²) in [6.45, 7) is 4.31. The maximum Gasteiger partial charge on any atom is 0.281 e. The predicted octanol–water partition coefficient (Wildman–Crippen LogP) is 4.60. The summed E-state index contributed by atoms with van der Waals surface area (Å²) in [5.74, 6) is -0.932. The minimum Gasteiger partial charge on any atom is -0.327 e. The van der Waals surface area contributed by atoms with E-state index in [4.69, 9.17) is 23.8 Å². The standard InChI is InChI=1S/C22H18ClFN4OS/c1-13-16(14(2)27(26-13)12-15-7-3-4-8-17(15)23)11-19-21(29)28(22(30)25-19)20-10-6-5-9-18(20)24/h3-11H,12H2,1-2H3,(H,25,30)/b19-11-. The number of nitrogens with zero attached hydrogens (tertiary/aromatic N) is 3. The molecule has 1 amide bonds. The summed E-state index contributed by atoms with van der Waals surface area (Å²) in [4.78, 5) is 14.1. The number of carbonyl (C=O) groups is 1. The van der Waals surface area contributed by atoms with Crippen LogP contribution in [0.5, 0.6) is 0 Å². The molecule has 0 saturated carbocycles. The minimum atomic E-state index is -0.517. The van der Waals surface area contributed by atoms with Crippen LogP contribution in [-0.2, 0) is 11.3 Å². The number of para-hydroxylation sites is 1. The summed E-state index contributed by atoms with van der Waals surface area (Å²) < 4.78 is 16.0. The van der Waals surface area contributed by atoms with Crippen molar-refractivity contribution in [2.24, 2.45) is 0 Å². The molecule has 3 aromatic rings. The van der Waals surface area contributed by atoms with Crippen LogP contribution in [0.3, 0.4) is 0 Å². The van der Waals surface area contributed by atoms with E-state index in [0.717, 1.165) is 27.4 Å². The molecule has 152 valence electrons. The maximum absolute atomic E-state index is 14.2. The van der Waals surface area contributed by atoms with Crippen molar-refractivity contribution in [3.8, 4) is 0 Å². The van der Waals surface area contributed by atoms with Gasteiger partial charge in [0.05, 0.1) is 17.9 Å². The van der Waals surface area contributed by atoms with E-state index in [2.05, 4.69) is 10.4 Å². The number of amides is 1. The van der Waals surface area contributed by atoms with E-state index in [1.54, 1.807) is 18.2 Å². The molecule has 5 nitrogen and oxygen atoms in total. The van der Waals surface area contributed by atoms with Gasteiger partial charge < -0.3 is 5.32 Å². The zero-order valence-corrected chi connectivity index (χ0v) is 17.9. The normalized spacial score (nSPS) is 15.2. The monoisotopic (exact) mass is 440 g/mol. The Balaban J connectivity index is 1.66. The van der Waals surface area contributed by atoms with Crippen molar-refractivity contribution < 1.29 is 9.18 Å². The third-order valence-electron chi connectivity index (χ3n) is 4.98. The van der Waals surface area contributed by atoms with Crippen LogP contribution in [0, 0.1) is 19.7 Å². The van der Waals surface area contributed by atoms with E-state index in [-0.39, 0.29) is 16.5 Å². The van der Waals surface area contributed by atoms with Gasteiger partial charge in [-0.1, -0.05) is 41.9 Å². The smallest absolute Gasteiger partial charge is 0.281 e. The number of halogens is 2. The molecule has 2 aromatic carbocycles. The average Bonchev–Trinajstić information content (AvgIpc) is 3.14. The van der Waals surface area contributed by atoms with Gasteiger partial charge in [-0.25, -0.2) is 9.29 Å². The van der Waals surface area contributed by atoms with Crippen molar-refractivity contribution in [3.05, 3.63) is 87.6 Å². The second-order valence-electron chi connectivity index (χ2n) is 6.91. The molecule has 0 unspecified atom stereocenters. The van der Waals surface area contributed by atoms with Crippen molar-refractivity contribution in [3.63, 3.8) is 0 Å². The molecule has 4 rings (SSSR count). The summed E-state index contributed by atoms with van der Waals surface area (Å²) in [6.07, 6.45) is 1.70. The van der Waals surface area contributed by atoms with Gasteiger partial charge in [-0.15, -0.1) is 0 Å². The Hall–Kier alpha value is -3.03. The summed E-state index contributed by atoms with van der Waals surface area (Å²) in [6, 6.07) is 13.6. The number of benzene rings is 2. The van der Waals surface area contributed by atoms with Crippen molar-refractivity contribution in [2.45, 2.75) is 20.4 Å². The molecule has 8 heteroatoms. The Bertz CT molecular complexity index is 1200. The third kappa shape index (κ3) is 3.62. The highest BCUT2D eigenvalue weighted by Gasteiger charge is 2.33. The quantitative estimate of drug-likeness (QED) is 0.475. The Morgan fingerprint density at radius 1 is 1.17 bits per heavy atom. The molecule has 1 aliphatic rings. The fourth-order valence-corrected chi connectivity index (χ4v) is 3.88. The number of hydrogen-bond acceptors (Lipinski definition) is 3. The van der Waals surface area contributed by atoms with Gasteiger partial charge in [0.2, 0.25) is 0 Å². The van der Waals surface area contributed by atoms with E-state index >= 15 is 0 Å². The fourth-order valence-electron chi connectivity index (χ4n) is 3.39. The van der Waals surface area contributed by atoms with E-state index in [1.807, 2.05) is 42.8 Å². The van der Waals surface area contributed by atoms with Gasteiger partial charge in [0.1, 0.15) is 11.5 Å². The van der Waals surface area contributed by atoms with Crippen LogP contribution >= 0.6 is 23.8 Å². The number of hydrogen-bond donors (Lipinski definition) is 1. The first-order valence-electron chi connectivity index (χ1n) is 9.26. The zero-order chi connectivity index (χ0) is 21.4. The first-order chi connectivity index (χ1) is 14.4. The highest BCUT2D eigenvalue weighted by molar-refractivity contribution is 7.80. The molecular weight excluding hydrogens is 423 g/mol. The molecule has 0 aliphatic carbocycles. The highest BCUT2D eigenvalue weighted by Crippen LogP contribution is 2.26. The Labute approximate surface area is 183 Å². The number of thiocarbonyl (C=S) groups is 1. The van der Waals surface area contributed by atoms with E-state index in [9.17, 15) is 9.18 Å². The van der Waals surface area contributed by atoms with E-state index in [0.29, 0.717) is 11.6 Å². The fraction of sp³-hybridized carbons (Fsp3) is 0.136. The first kappa shape index (κ1) is 20.3. The van der Waals surface area contributed by atoms with Crippen LogP contribution in [0.25, 0.3) is 6.08 Å². The summed E-state index contributed by atoms with van der Waals surface area (Å²) in [7, 11) is 0. The predicted molar refractivity (Wildman–Crippen MR) is 120 cm³/mol. The second kappa shape index (κ2) is 8.01. The highest BCUT2D eigenvalue weighted by atomic mass is 35.5. The first-order valence-corrected chi connectivity index (χ1v) is 10.0. The Morgan fingerprint density at radius 2 is 1.87 bits per heavy atom. The van der Waals surface area contributed by atoms with Crippen molar-refractivity contribution in [1.29, 1.82) is 0 Å². The van der Waals surface area contributed by atoms with Crippen LogP contribution < -0.4 is 10.2 Å². The molecule has 1 aromatic heterocycles. The van der Waals surface area contributed by atoms with Gasteiger partial charge in [-0.3, -0.25) is 9.48 Å². The third-order valence-corrected chi connectivity index (χ3v) is 5.63. The van der Waals surface area contributed by atoms with Gasteiger partial charge >= 0.3 is 0 Å². The molecule has 0 bridgehead atoms. The number of aryl methyl sites for hydroxylation is 1. The van der Waals surface area contributed by atoms with Gasteiger partial charge in [0, 0.05) is 16.3 Å². The number of anilines is 1. The Kier molecular flexibility index (Phi) is 5.40. The molecule has 1 fully saturated rings. The second-order valence-corrected chi connectivity index (χ2v) is 7.71. The van der Waals surface area contributed by atoms with Crippen LogP contribution in [0.1, 0.15) is 22.5 Å².